The van der Waals surface area contributed by atoms with Crippen LogP contribution in [0.2, 0.25) is 0 Å². The van der Waals surface area contributed by atoms with Crippen molar-refractivity contribution in [2.24, 2.45) is 7.05 Å². The first-order valence-corrected chi connectivity index (χ1v) is 9.44. The SMILES string of the molecule is COc1ccc(-c2nnc(SC(C)C(=O)Nc3ccccc3C)n2C)cc1. The molecule has 0 saturated carbocycles. The second-order valence-electron chi connectivity index (χ2n) is 6.16. The van der Waals surface area contributed by atoms with Crippen molar-refractivity contribution in [3.8, 4) is 17.1 Å². The summed E-state index contributed by atoms with van der Waals surface area (Å²) in [6.45, 7) is 3.83. The highest BCUT2D eigenvalue weighted by atomic mass is 32.2. The minimum absolute atomic E-state index is 0.0664. The number of nitrogens with one attached hydrogen (secondary N) is 1. The lowest BCUT2D eigenvalue weighted by atomic mass is 10.2. The van der Waals surface area contributed by atoms with E-state index in [0.29, 0.717) is 5.16 Å². The van der Waals surface area contributed by atoms with Crippen LogP contribution in [0.5, 0.6) is 5.75 Å². The van der Waals surface area contributed by atoms with Crippen LogP contribution in [0.4, 0.5) is 5.69 Å². The summed E-state index contributed by atoms with van der Waals surface area (Å²) in [5.74, 6) is 1.46. The normalized spacial score (nSPS) is 11.9. The molecule has 3 aromatic rings. The van der Waals surface area contributed by atoms with Gasteiger partial charge in [-0.15, -0.1) is 10.2 Å². The number of hydrogen-bond acceptors (Lipinski definition) is 5. The van der Waals surface area contributed by atoms with Crippen molar-refractivity contribution in [2.75, 3.05) is 12.4 Å². The molecule has 0 aliphatic carbocycles. The molecule has 1 amide bonds. The molecule has 0 radical (unpaired) electrons. The van der Waals surface area contributed by atoms with Gasteiger partial charge >= 0.3 is 0 Å². The number of carbonyl (C=O) groups is 1. The van der Waals surface area contributed by atoms with Crippen molar-refractivity contribution in [3.63, 3.8) is 0 Å². The minimum Gasteiger partial charge on any atom is -0.497 e. The zero-order valence-electron chi connectivity index (χ0n) is 15.8. The number of anilines is 1. The second-order valence-corrected chi connectivity index (χ2v) is 7.47. The van der Waals surface area contributed by atoms with Crippen LogP contribution in [0, 0.1) is 6.92 Å². The number of thioether (sulfide) groups is 1. The predicted octanol–water partition coefficient (Wildman–Crippen LogP) is 3.92. The van der Waals surface area contributed by atoms with Crippen molar-refractivity contribution < 1.29 is 9.53 Å². The maximum absolute atomic E-state index is 12.5. The highest BCUT2D eigenvalue weighted by Gasteiger charge is 2.20. The Morgan fingerprint density at radius 3 is 2.52 bits per heavy atom. The number of para-hydroxylation sites is 1. The van der Waals surface area contributed by atoms with Gasteiger partial charge in [-0.3, -0.25) is 4.79 Å². The summed E-state index contributed by atoms with van der Waals surface area (Å²) >= 11 is 1.38. The van der Waals surface area contributed by atoms with E-state index < -0.39 is 0 Å². The highest BCUT2D eigenvalue weighted by Crippen LogP contribution is 2.27. The van der Waals surface area contributed by atoms with E-state index in [0.717, 1.165) is 28.4 Å². The Morgan fingerprint density at radius 1 is 1.15 bits per heavy atom. The van der Waals surface area contributed by atoms with Crippen molar-refractivity contribution in [2.45, 2.75) is 24.3 Å². The van der Waals surface area contributed by atoms with Crippen LogP contribution in [0.1, 0.15) is 12.5 Å². The van der Waals surface area contributed by atoms with E-state index in [2.05, 4.69) is 15.5 Å². The van der Waals surface area contributed by atoms with Gasteiger partial charge in [0, 0.05) is 18.3 Å². The summed E-state index contributed by atoms with van der Waals surface area (Å²) in [5, 5.41) is 11.9. The highest BCUT2D eigenvalue weighted by molar-refractivity contribution is 8.00. The molecule has 1 atom stereocenters. The fourth-order valence-corrected chi connectivity index (χ4v) is 3.38. The topological polar surface area (TPSA) is 69.0 Å². The zero-order chi connectivity index (χ0) is 19.4. The number of ether oxygens (including phenoxy) is 1. The zero-order valence-corrected chi connectivity index (χ0v) is 16.6. The standard InChI is InChI=1S/C20H22N4O2S/c1-13-7-5-6-8-17(13)21-19(25)14(2)27-20-23-22-18(24(20)3)15-9-11-16(26-4)12-10-15/h5-12,14H,1-4H3,(H,21,25). The molecule has 27 heavy (non-hydrogen) atoms. The largest absolute Gasteiger partial charge is 0.497 e. The van der Waals surface area contributed by atoms with Gasteiger partial charge in [0.1, 0.15) is 5.75 Å². The van der Waals surface area contributed by atoms with E-state index in [1.807, 2.05) is 74.0 Å². The number of methoxy groups -OCH3 is 1. The molecular formula is C20H22N4O2S. The number of hydrogen-bond donors (Lipinski definition) is 1. The van der Waals surface area contributed by atoms with E-state index in [-0.39, 0.29) is 11.2 Å². The molecule has 6 nitrogen and oxygen atoms in total. The Hall–Kier alpha value is -2.80. The van der Waals surface area contributed by atoms with Crippen molar-refractivity contribution in [3.05, 3.63) is 54.1 Å². The molecular weight excluding hydrogens is 360 g/mol. The molecule has 0 saturated heterocycles. The van der Waals surface area contributed by atoms with Crippen molar-refractivity contribution in [1.82, 2.24) is 14.8 Å². The molecule has 2 aromatic carbocycles. The van der Waals surface area contributed by atoms with E-state index in [4.69, 9.17) is 4.74 Å². The number of benzene rings is 2. The van der Waals surface area contributed by atoms with Crippen LogP contribution in [-0.2, 0) is 11.8 Å². The minimum atomic E-state index is -0.309. The first-order chi connectivity index (χ1) is 13.0. The van der Waals surface area contributed by atoms with Crippen LogP contribution in [0.15, 0.2) is 53.7 Å². The molecule has 0 aliphatic rings. The van der Waals surface area contributed by atoms with Crippen LogP contribution in [0.25, 0.3) is 11.4 Å². The molecule has 1 unspecified atom stereocenters. The van der Waals surface area contributed by atoms with Gasteiger partial charge in [-0.2, -0.15) is 0 Å². The first-order valence-electron chi connectivity index (χ1n) is 8.56. The Kier molecular flexibility index (Phi) is 5.81. The quantitative estimate of drug-likeness (QED) is 0.655. The van der Waals surface area contributed by atoms with E-state index in [9.17, 15) is 4.79 Å². The number of aromatic nitrogens is 3. The summed E-state index contributed by atoms with van der Waals surface area (Å²) < 4.78 is 7.08. The van der Waals surface area contributed by atoms with Gasteiger partial charge in [0.25, 0.3) is 0 Å². The first kappa shape index (κ1) is 19.0. The van der Waals surface area contributed by atoms with E-state index in [1.54, 1.807) is 7.11 Å². The molecule has 0 aliphatic heterocycles. The number of aryl methyl sites for hydroxylation is 1. The molecule has 1 heterocycles. The Labute approximate surface area is 163 Å². The summed E-state index contributed by atoms with van der Waals surface area (Å²) in [6, 6.07) is 15.4. The van der Waals surface area contributed by atoms with Crippen LogP contribution in [-0.4, -0.2) is 33.0 Å². The fourth-order valence-electron chi connectivity index (χ4n) is 2.57. The second kappa shape index (κ2) is 8.26. The van der Waals surface area contributed by atoms with Gasteiger partial charge in [-0.1, -0.05) is 30.0 Å². The number of nitrogens with zero attached hydrogens (tertiary/aromatic N) is 3. The lowest BCUT2D eigenvalue weighted by molar-refractivity contribution is -0.115. The summed E-state index contributed by atoms with van der Waals surface area (Å²) in [4.78, 5) is 12.5. The van der Waals surface area contributed by atoms with Crippen LogP contribution in [0.3, 0.4) is 0 Å². The third kappa shape index (κ3) is 4.31. The lowest BCUT2D eigenvalue weighted by Gasteiger charge is -2.13. The molecule has 1 N–H and O–H groups in total. The van der Waals surface area contributed by atoms with E-state index in [1.165, 1.54) is 11.8 Å². The fraction of sp³-hybridized carbons (Fsp3) is 0.250. The Balaban J connectivity index is 1.71. The van der Waals surface area contributed by atoms with Crippen molar-refractivity contribution >= 4 is 23.4 Å². The number of amides is 1. The van der Waals surface area contributed by atoms with Gasteiger partial charge in [-0.25, -0.2) is 0 Å². The summed E-state index contributed by atoms with van der Waals surface area (Å²) in [7, 11) is 3.53. The smallest absolute Gasteiger partial charge is 0.237 e. The molecule has 3 rings (SSSR count). The van der Waals surface area contributed by atoms with Gasteiger partial charge in [0.05, 0.1) is 12.4 Å². The third-order valence-electron chi connectivity index (χ3n) is 4.24. The monoisotopic (exact) mass is 382 g/mol. The summed E-state index contributed by atoms with van der Waals surface area (Å²) in [6.07, 6.45) is 0. The molecule has 0 spiro atoms. The molecule has 1 aromatic heterocycles. The Morgan fingerprint density at radius 2 is 1.85 bits per heavy atom. The molecule has 0 bridgehead atoms. The average Bonchev–Trinajstić information content (AvgIpc) is 3.04. The van der Waals surface area contributed by atoms with Gasteiger partial charge in [0.2, 0.25) is 5.91 Å². The van der Waals surface area contributed by atoms with Crippen LogP contribution < -0.4 is 10.1 Å². The van der Waals surface area contributed by atoms with Gasteiger partial charge < -0.3 is 14.6 Å². The Bertz CT molecular complexity index is 937. The predicted molar refractivity (Wildman–Crippen MR) is 108 cm³/mol. The van der Waals surface area contributed by atoms with Gasteiger partial charge in [0.15, 0.2) is 11.0 Å². The number of rotatable bonds is 6. The lowest BCUT2D eigenvalue weighted by Crippen LogP contribution is -2.23. The molecule has 140 valence electrons. The van der Waals surface area contributed by atoms with Crippen molar-refractivity contribution in [1.29, 1.82) is 0 Å². The van der Waals surface area contributed by atoms with Crippen LogP contribution >= 0.6 is 11.8 Å². The average molecular weight is 382 g/mol. The summed E-state index contributed by atoms with van der Waals surface area (Å²) in [5.41, 5.74) is 2.80. The van der Waals surface area contributed by atoms with E-state index >= 15 is 0 Å². The maximum Gasteiger partial charge on any atom is 0.237 e. The third-order valence-corrected chi connectivity index (χ3v) is 5.37. The molecule has 0 fully saturated rings. The molecule has 7 heteroatoms. The number of carbonyl (C=O) groups excluding carboxylic acids is 1. The van der Waals surface area contributed by atoms with Gasteiger partial charge in [-0.05, 0) is 49.7 Å². The maximum atomic E-state index is 12.5.